The molecule has 1 aromatic carbocycles. The molecule has 0 amide bonds. The summed E-state index contributed by atoms with van der Waals surface area (Å²) in [6.45, 7) is 5.39. The van der Waals surface area contributed by atoms with Crippen molar-refractivity contribution in [2.75, 3.05) is 20.8 Å². The fourth-order valence-electron chi connectivity index (χ4n) is 3.02. The van der Waals surface area contributed by atoms with Gasteiger partial charge < -0.3 is 14.8 Å². The van der Waals surface area contributed by atoms with Gasteiger partial charge in [0.2, 0.25) is 0 Å². The Balaban J connectivity index is 2.41. The maximum absolute atomic E-state index is 6.67. The Morgan fingerprint density at radius 2 is 2.05 bits per heavy atom. The maximum atomic E-state index is 6.67. The molecule has 0 aromatic heterocycles. The first-order valence-electron chi connectivity index (χ1n) is 7.75. The summed E-state index contributed by atoms with van der Waals surface area (Å²) in [5.74, 6) is 1.91. The molecule has 4 heteroatoms. The summed E-state index contributed by atoms with van der Waals surface area (Å²) >= 11 is 6.67. The Hall–Kier alpha value is -0.930. The van der Waals surface area contributed by atoms with Gasteiger partial charge in [0.25, 0.3) is 0 Å². The Bertz CT molecular complexity index is 482. The first-order valence-corrected chi connectivity index (χ1v) is 8.12. The van der Waals surface area contributed by atoms with E-state index in [0.29, 0.717) is 12.0 Å². The van der Waals surface area contributed by atoms with E-state index in [2.05, 4.69) is 19.2 Å². The third kappa shape index (κ3) is 3.64. The molecule has 1 unspecified atom stereocenters. The molecule has 1 aromatic rings. The second-order valence-corrected chi connectivity index (χ2v) is 6.38. The Morgan fingerprint density at radius 3 is 2.57 bits per heavy atom. The lowest BCUT2D eigenvalue weighted by atomic mass is 9.93. The molecule has 0 aliphatic carbocycles. The van der Waals surface area contributed by atoms with Crippen molar-refractivity contribution in [3.05, 3.63) is 22.2 Å². The summed E-state index contributed by atoms with van der Waals surface area (Å²) in [7, 11) is 3.36. The molecule has 0 saturated carbocycles. The summed E-state index contributed by atoms with van der Waals surface area (Å²) < 4.78 is 11.1. The molecule has 2 rings (SSSR count). The lowest BCUT2D eigenvalue weighted by Gasteiger charge is -2.26. The summed E-state index contributed by atoms with van der Waals surface area (Å²) in [4.78, 5) is 0. The van der Waals surface area contributed by atoms with Gasteiger partial charge in [0.05, 0.1) is 19.2 Å². The molecule has 0 bridgehead atoms. The van der Waals surface area contributed by atoms with Gasteiger partial charge in [-0.15, -0.1) is 0 Å². The fourth-order valence-corrected chi connectivity index (χ4v) is 3.45. The summed E-state index contributed by atoms with van der Waals surface area (Å²) in [6, 6.07) is 2.47. The van der Waals surface area contributed by atoms with Crippen LogP contribution in [0.2, 0.25) is 5.02 Å². The van der Waals surface area contributed by atoms with Gasteiger partial charge in [0, 0.05) is 11.6 Å². The van der Waals surface area contributed by atoms with Crippen molar-refractivity contribution in [1.29, 1.82) is 0 Å². The first-order chi connectivity index (χ1) is 10.1. The van der Waals surface area contributed by atoms with Gasteiger partial charge >= 0.3 is 0 Å². The van der Waals surface area contributed by atoms with Gasteiger partial charge in [-0.05, 0) is 43.4 Å². The first kappa shape index (κ1) is 16.4. The van der Waals surface area contributed by atoms with Gasteiger partial charge in [-0.3, -0.25) is 0 Å². The molecule has 1 N–H and O–H groups in total. The van der Waals surface area contributed by atoms with Crippen molar-refractivity contribution in [2.24, 2.45) is 0 Å². The quantitative estimate of drug-likeness (QED) is 0.885. The van der Waals surface area contributed by atoms with Crippen LogP contribution in [0.1, 0.15) is 50.2 Å². The second-order valence-electron chi connectivity index (χ2n) is 6.00. The molecule has 118 valence electrons. The zero-order valence-electron chi connectivity index (χ0n) is 13.5. The number of methoxy groups -OCH3 is 2. The highest BCUT2D eigenvalue weighted by Crippen LogP contribution is 2.42. The molecule has 0 radical (unpaired) electrons. The minimum absolute atomic E-state index is 0.357. The van der Waals surface area contributed by atoms with E-state index in [9.17, 15) is 0 Å². The summed E-state index contributed by atoms with van der Waals surface area (Å²) in [5.41, 5.74) is 2.20. The highest BCUT2D eigenvalue weighted by molar-refractivity contribution is 6.32. The van der Waals surface area contributed by atoms with Crippen LogP contribution in [0.25, 0.3) is 0 Å². The second kappa shape index (κ2) is 7.37. The van der Waals surface area contributed by atoms with E-state index in [1.54, 1.807) is 14.2 Å². The molecule has 1 atom stereocenters. The standard InChI is InChI=1S/C17H26ClNO2/c1-11(2)13-10-15(20-3)17(21-4)14(16(13)18)9-12-7-5-6-8-19-12/h10-12,19H,5-9H2,1-4H3. The van der Waals surface area contributed by atoms with Crippen molar-refractivity contribution in [3.8, 4) is 11.5 Å². The van der Waals surface area contributed by atoms with Gasteiger partial charge in [-0.25, -0.2) is 0 Å². The predicted octanol–water partition coefficient (Wildman–Crippen LogP) is 4.17. The minimum atomic E-state index is 0.357. The van der Waals surface area contributed by atoms with E-state index >= 15 is 0 Å². The topological polar surface area (TPSA) is 30.5 Å². The van der Waals surface area contributed by atoms with E-state index in [1.807, 2.05) is 6.07 Å². The average Bonchev–Trinajstić information content (AvgIpc) is 2.49. The third-order valence-electron chi connectivity index (χ3n) is 4.21. The number of rotatable bonds is 5. The van der Waals surface area contributed by atoms with Crippen LogP contribution in [0.3, 0.4) is 0 Å². The van der Waals surface area contributed by atoms with Crippen LogP contribution >= 0.6 is 11.6 Å². The van der Waals surface area contributed by atoms with E-state index in [-0.39, 0.29) is 0 Å². The minimum Gasteiger partial charge on any atom is -0.493 e. The molecular formula is C17H26ClNO2. The zero-order valence-corrected chi connectivity index (χ0v) is 14.2. The molecular weight excluding hydrogens is 286 g/mol. The van der Waals surface area contributed by atoms with Crippen LogP contribution in [0.4, 0.5) is 0 Å². The number of hydrogen-bond donors (Lipinski definition) is 1. The maximum Gasteiger partial charge on any atom is 0.165 e. The zero-order chi connectivity index (χ0) is 15.4. The number of piperidine rings is 1. The number of benzene rings is 1. The van der Waals surface area contributed by atoms with Crippen LogP contribution in [-0.2, 0) is 6.42 Å². The van der Waals surface area contributed by atoms with Crippen LogP contribution in [0.5, 0.6) is 11.5 Å². The molecule has 3 nitrogen and oxygen atoms in total. The molecule has 1 aliphatic rings. The molecule has 21 heavy (non-hydrogen) atoms. The molecule has 1 saturated heterocycles. The lowest BCUT2D eigenvalue weighted by Crippen LogP contribution is -2.35. The normalized spacial score (nSPS) is 18.9. The predicted molar refractivity (Wildman–Crippen MR) is 88.0 cm³/mol. The Kier molecular flexibility index (Phi) is 5.77. The number of hydrogen-bond acceptors (Lipinski definition) is 3. The molecule has 0 spiro atoms. The molecule has 1 fully saturated rings. The van der Waals surface area contributed by atoms with E-state index in [0.717, 1.165) is 40.6 Å². The van der Waals surface area contributed by atoms with Gasteiger partial charge in [-0.1, -0.05) is 31.9 Å². The van der Waals surface area contributed by atoms with Gasteiger partial charge in [0.1, 0.15) is 0 Å². The number of halogens is 1. The lowest BCUT2D eigenvalue weighted by molar-refractivity contribution is 0.345. The highest BCUT2D eigenvalue weighted by atomic mass is 35.5. The van der Waals surface area contributed by atoms with Crippen LogP contribution < -0.4 is 14.8 Å². The SMILES string of the molecule is COc1cc(C(C)C)c(Cl)c(CC2CCCCN2)c1OC. The van der Waals surface area contributed by atoms with Crippen molar-refractivity contribution in [2.45, 2.75) is 51.5 Å². The summed E-state index contributed by atoms with van der Waals surface area (Å²) in [5, 5.41) is 4.41. The van der Waals surface area contributed by atoms with Crippen molar-refractivity contribution >= 4 is 11.6 Å². The fraction of sp³-hybridized carbons (Fsp3) is 0.647. The summed E-state index contributed by atoms with van der Waals surface area (Å²) in [6.07, 6.45) is 4.61. The smallest absolute Gasteiger partial charge is 0.165 e. The van der Waals surface area contributed by atoms with Crippen molar-refractivity contribution in [1.82, 2.24) is 5.32 Å². The number of nitrogens with one attached hydrogen (secondary N) is 1. The Morgan fingerprint density at radius 1 is 1.29 bits per heavy atom. The van der Waals surface area contributed by atoms with Crippen LogP contribution in [0, 0.1) is 0 Å². The Labute approximate surface area is 133 Å². The molecule has 1 aliphatic heterocycles. The van der Waals surface area contributed by atoms with Gasteiger partial charge in [0.15, 0.2) is 11.5 Å². The van der Waals surface area contributed by atoms with Crippen LogP contribution in [-0.4, -0.2) is 26.8 Å². The molecule has 1 heterocycles. The highest BCUT2D eigenvalue weighted by Gasteiger charge is 2.23. The van der Waals surface area contributed by atoms with E-state index in [4.69, 9.17) is 21.1 Å². The van der Waals surface area contributed by atoms with Crippen LogP contribution in [0.15, 0.2) is 6.07 Å². The number of ether oxygens (including phenoxy) is 2. The largest absolute Gasteiger partial charge is 0.493 e. The van der Waals surface area contributed by atoms with Gasteiger partial charge in [-0.2, -0.15) is 0 Å². The monoisotopic (exact) mass is 311 g/mol. The average molecular weight is 312 g/mol. The van der Waals surface area contributed by atoms with Crippen molar-refractivity contribution < 1.29 is 9.47 Å². The third-order valence-corrected chi connectivity index (χ3v) is 4.66. The van der Waals surface area contributed by atoms with E-state index < -0.39 is 0 Å². The van der Waals surface area contributed by atoms with E-state index in [1.165, 1.54) is 19.3 Å². The van der Waals surface area contributed by atoms with Crippen molar-refractivity contribution in [3.63, 3.8) is 0 Å².